The van der Waals surface area contributed by atoms with Gasteiger partial charge in [-0.3, -0.25) is 4.79 Å². The molecule has 1 unspecified atom stereocenters. The highest BCUT2D eigenvalue weighted by Gasteiger charge is 2.26. The number of hydrogen-bond acceptors (Lipinski definition) is 3. The highest BCUT2D eigenvalue weighted by molar-refractivity contribution is 5.75. The SMILES string of the molecule is NC(=O)CC1CCN(C(=O)NCC2CCN(c3ccc(F)c(F)c3)C2)CC1. The third-order valence-corrected chi connectivity index (χ3v) is 5.49. The number of nitrogens with zero attached hydrogens (tertiary/aromatic N) is 2. The van der Waals surface area contributed by atoms with Crippen molar-refractivity contribution in [3.05, 3.63) is 29.8 Å². The van der Waals surface area contributed by atoms with E-state index in [1.807, 2.05) is 4.90 Å². The van der Waals surface area contributed by atoms with Gasteiger partial charge in [0.25, 0.3) is 0 Å². The second kappa shape index (κ2) is 8.54. The Morgan fingerprint density at radius 1 is 1.07 bits per heavy atom. The van der Waals surface area contributed by atoms with Crippen LogP contribution in [0.15, 0.2) is 18.2 Å². The van der Waals surface area contributed by atoms with Crippen molar-refractivity contribution >= 4 is 17.6 Å². The topological polar surface area (TPSA) is 78.7 Å². The average Bonchev–Trinajstić information content (AvgIpc) is 3.11. The Morgan fingerprint density at radius 2 is 1.78 bits per heavy atom. The van der Waals surface area contributed by atoms with Crippen LogP contribution in [0, 0.1) is 23.5 Å². The summed E-state index contributed by atoms with van der Waals surface area (Å²) in [5.41, 5.74) is 5.89. The average molecular weight is 380 g/mol. The van der Waals surface area contributed by atoms with Crippen LogP contribution in [-0.4, -0.2) is 49.6 Å². The standard InChI is InChI=1S/C19H26F2N4O2/c20-16-2-1-15(10-17(16)21)25-8-5-14(12-25)11-23-19(27)24-6-3-13(4-7-24)9-18(22)26/h1-2,10,13-14H,3-9,11-12H2,(H2,22,26)(H,23,27). The molecule has 1 aromatic carbocycles. The van der Waals surface area contributed by atoms with E-state index in [4.69, 9.17) is 5.73 Å². The van der Waals surface area contributed by atoms with Gasteiger partial charge < -0.3 is 20.9 Å². The Balaban J connectivity index is 1.41. The summed E-state index contributed by atoms with van der Waals surface area (Å²) >= 11 is 0. The highest BCUT2D eigenvalue weighted by Crippen LogP contribution is 2.25. The molecule has 0 aliphatic carbocycles. The number of anilines is 1. The first kappa shape index (κ1) is 19.4. The van der Waals surface area contributed by atoms with E-state index in [0.29, 0.717) is 38.3 Å². The summed E-state index contributed by atoms with van der Waals surface area (Å²) in [4.78, 5) is 27.1. The minimum atomic E-state index is -0.846. The second-order valence-electron chi connectivity index (χ2n) is 7.49. The number of rotatable bonds is 5. The fraction of sp³-hybridized carbons (Fsp3) is 0.579. The van der Waals surface area contributed by atoms with Crippen LogP contribution in [0.1, 0.15) is 25.7 Å². The molecule has 1 aromatic rings. The molecular formula is C19H26F2N4O2. The molecule has 2 aliphatic heterocycles. The van der Waals surface area contributed by atoms with Crippen molar-refractivity contribution in [2.75, 3.05) is 37.6 Å². The van der Waals surface area contributed by atoms with E-state index in [-0.39, 0.29) is 23.8 Å². The second-order valence-corrected chi connectivity index (χ2v) is 7.49. The lowest BCUT2D eigenvalue weighted by atomic mass is 9.93. The summed E-state index contributed by atoms with van der Waals surface area (Å²) in [6.07, 6.45) is 2.87. The molecule has 3 N–H and O–H groups in total. The summed E-state index contributed by atoms with van der Waals surface area (Å²) in [7, 11) is 0. The number of halogens is 2. The Labute approximate surface area is 157 Å². The largest absolute Gasteiger partial charge is 0.371 e. The Morgan fingerprint density at radius 3 is 2.44 bits per heavy atom. The lowest BCUT2D eigenvalue weighted by molar-refractivity contribution is -0.119. The van der Waals surface area contributed by atoms with Crippen LogP contribution in [-0.2, 0) is 4.79 Å². The van der Waals surface area contributed by atoms with Crippen molar-refractivity contribution in [3.63, 3.8) is 0 Å². The molecule has 3 rings (SSSR count). The maximum atomic E-state index is 13.4. The zero-order valence-electron chi connectivity index (χ0n) is 15.3. The zero-order valence-corrected chi connectivity index (χ0v) is 15.3. The fourth-order valence-corrected chi connectivity index (χ4v) is 3.88. The van der Waals surface area contributed by atoms with Gasteiger partial charge >= 0.3 is 6.03 Å². The molecule has 0 radical (unpaired) electrons. The number of amides is 3. The molecule has 8 heteroatoms. The summed E-state index contributed by atoms with van der Waals surface area (Å²) < 4.78 is 26.5. The van der Waals surface area contributed by atoms with Crippen LogP contribution in [0.2, 0.25) is 0 Å². The van der Waals surface area contributed by atoms with Gasteiger partial charge in [0.1, 0.15) is 0 Å². The molecule has 2 fully saturated rings. The molecule has 3 amide bonds. The predicted octanol–water partition coefficient (Wildman–Crippen LogP) is 2.09. The number of piperidine rings is 1. The van der Waals surface area contributed by atoms with Gasteiger partial charge in [0.2, 0.25) is 5.91 Å². The van der Waals surface area contributed by atoms with Gasteiger partial charge in [0, 0.05) is 50.9 Å². The monoisotopic (exact) mass is 380 g/mol. The lowest BCUT2D eigenvalue weighted by Gasteiger charge is -2.31. The van der Waals surface area contributed by atoms with E-state index in [2.05, 4.69) is 5.32 Å². The first-order chi connectivity index (χ1) is 12.9. The number of carbonyl (C=O) groups excluding carboxylic acids is 2. The molecule has 0 saturated carbocycles. The summed E-state index contributed by atoms with van der Waals surface area (Å²) in [6.45, 7) is 3.28. The van der Waals surface area contributed by atoms with Gasteiger partial charge in [-0.25, -0.2) is 13.6 Å². The Bertz CT molecular complexity index is 692. The van der Waals surface area contributed by atoms with Crippen LogP contribution in [0.3, 0.4) is 0 Å². The van der Waals surface area contributed by atoms with Crippen molar-refractivity contribution in [3.8, 4) is 0 Å². The molecular weight excluding hydrogens is 354 g/mol. The van der Waals surface area contributed by atoms with E-state index < -0.39 is 11.6 Å². The zero-order chi connectivity index (χ0) is 19.4. The Kier molecular flexibility index (Phi) is 6.13. The number of nitrogens with one attached hydrogen (secondary N) is 1. The van der Waals surface area contributed by atoms with Crippen molar-refractivity contribution in [1.82, 2.24) is 10.2 Å². The maximum absolute atomic E-state index is 13.4. The number of primary amides is 1. The van der Waals surface area contributed by atoms with Gasteiger partial charge in [0.05, 0.1) is 0 Å². The number of urea groups is 1. The highest BCUT2D eigenvalue weighted by atomic mass is 19.2. The van der Waals surface area contributed by atoms with Crippen LogP contribution in [0.5, 0.6) is 0 Å². The third kappa shape index (κ3) is 5.08. The molecule has 0 spiro atoms. The van der Waals surface area contributed by atoms with Crippen molar-refractivity contribution in [2.24, 2.45) is 17.6 Å². The molecule has 0 bridgehead atoms. The number of nitrogens with two attached hydrogens (primary N) is 1. The number of benzene rings is 1. The molecule has 0 aromatic heterocycles. The van der Waals surface area contributed by atoms with Gasteiger partial charge in [-0.15, -0.1) is 0 Å². The molecule has 2 heterocycles. The Hall–Kier alpha value is -2.38. The van der Waals surface area contributed by atoms with E-state index in [0.717, 1.165) is 31.9 Å². The van der Waals surface area contributed by atoms with Crippen molar-refractivity contribution < 1.29 is 18.4 Å². The first-order valence-corrected chi connectivity index (χ1v) is 9.43. The first-order valence-electron chi connectivity index (χ1n) is 9.43. The molecule has 2 saturated heterocycles. The van der Waals surface area contributed by atoms with Crippen molar-refractivity contribution in [2.45, 2.75) is 25.7 Å². The lowest BCUT2D eigenvalue weighted by Crippen LogP contribution is -2.46. The summed E-state index contributed by atoms with van der Waals surface area (Å²) in [6, 6.07) is 3.85. The third-order valence-electron chi connectivity index (χ3n) is 5.49. The predicted molar refractivity (Wildman–Crippen MR) is 98.2 cm³/mol. The molecule has 6 nitrogen and oxygen atoms in total. The normalized spacial score (nSPS) is 20.7. The van der Waals surface area contributed by atoms with Crippen LogP contribution in [0.4, 0.5) is 19.3 Å². The molecule has 148 valence electrons. The van der Waals surface area contributed by atoms with Gasteiger partial charge in [-0.05, 0) is 43.2 Å². The smallest absolute Gasteiger partial charge is 0.317 e. The summed E-state index contributed by atoms with van der Waals surface area (Å²) in [5.74, 6) is -1.43. The fourth-order valence-electron chi connectivity index (χ4n) is 3.88. The van der Waals surface area contributed by atoms with Crippen LogP contribution in [0.25, 0.3) is 0 Å². The molecule has 2 aliphatic rings. The van der Waals surface area contributed by atoms with Crippen LogP contribution >= 0.6 is 0 Å². The van der Waals surface area contributed by atoms with Gasteiger partial charge in [-0.1, -0.05) is 0 Å². The quantitative estimate of drug-likeness (QED) is 0.821. The molecule has 1 atom stereocenters. The minimum Gasteiger partial charge on any atom is -0.371 e. The van der Waals surface area contributed by atoms with E-state index >= 15 is 0 Å². The number of hydrogen-bond donors (Lipinski definition) is 2. The van der Waals surface area contributed by atoms with E-state index in [9.17, 15) is 18.4 Å². The molecule has 27 heavy (non-hydrogen) atoms. The summed E-state index contributed by atoms with van der Waals surface area (Å²) in [5, 5.41) is 2.98. The van der Waals surface area contributed by atoms with Gasteiger partial charge in [0.15, 0.2) is 11.6 Å². The van der Waals surface area contributed by atoms with Crippen molar-refractivity contribution in [1.29, 1.82) is 0 Å². The number of carbonyl (C=O) groups is 2. The van der Waals surface area contributed by atoms with E-state index in [1.54, 1.807) is 11.0 Å². The minimum absolute atomic E-state index is 0.0844. The number of likely N-dealkylation sites (tertiary alicyclic amines) is 1. The van der Waals surface area contributed by atoms with Crippen LogP contribution < -0.4 is 16.0 Å². The maximum Gasteiger partial charge on any atom is 0.317 e. The van der Waals surface area contributed by atoms with Gasteiger partial charge in [-0.2, -0.15) is 0 Å². The van der Waals surface area contributed by atoms with E-state index in [1.165, 1.54) is 6.07 Å².